The summed E-state index contributed by atoms with van der Waals surface area (Å²) in [5.74, 6) is -0.283. The number of halogens is 2. The molecule has 21 heavy (non-hydrogen) atoms. The van der Waals surface area contributed by atoms with Gasteiger partial charge in [-0.3, -0.25) is 0 Å². The summed E-state index contributed by atoms with van der Waals surface area (Å²) in [6.45, 7) is 6.48. The van der Waals surface area contributed by atoms with Crippen molar-refractivity contribution in [3.63, 3.8) is 0 Å². The Balaban J connectivity index is 2.15. The highest BCUT2D eigenvalue weighted by atomic mass is 79.9. The molecule has 1 atom stereocenters. The third kappa shape index (κ3) is 4.14. The van der Waals surface area contributed by atoms with E-state index >= 15 is 0 Å². The van der Waals surface area contributed by atoms with Crippen LogP contribution < -0.4 is 0 Å². The summed E-state index contributed by atoms with van der Waals surface area (Å²) in [6.07, 6.45) is -0.142. The molecule has 0 aliphatic heterocycles. The molecular formula is C18H20BrFO. The Morgan fingerprint density at radius 2 is 1.71 bits per heavy atom. The number of hydrogen-bond acceptors (Lipinski definition) is 1. The molecule has 2 aromatic carbocycles. The molecule has 1 unspecified atom stereocenters. The Kier molecular flexibility index (Phi) is 4.84. The van der Waals surface area contributed by atoms with Crippen LogP contribution in [0.4, 0.5) is 4.39 Å². The molecule has 1 nitrogen and oxygen atoms in total. The van der Waals surface area contributed by atoms with E-state index < -0.39 is 6.10 Å². The van der Waals surface area contributed by atoms with Crippen LogP contribution in [0, 0.1) is 5.82 Å². The zero-order valence-electron chi connectivity index (χ0n) is 12.5. The van der Waals surface area contributed by atoms with Gasteiger partial charge in [-0.1, -0.05) is 67.0 Å². The topological polar surface area (TPSA) is 20.2 Å². The van der Waals surface area contributed by atoms with E-state index in [4.69, 9.17) is 0 Å². The van der Waals surface area contributed by atoms with Crippen LogP contribution in [-0.2, 0) is 11.8 Å². The second-order valence-corrected chi connectivity index (χ2v) is 7.18. The Labute approximate surface area is 134 Å². The summed E-state index contributed by atoms with van der Waals surface area (Å²) in [5, 5.41) is 10.3. The lowest BCUT2D eigenvalue weighted by molar-refractivity contribution is 0.178. The second kappa shape index (κ2) is 6.29. The van der Waals surface area contributed by atoms with Gasteiger partial charge in [0.2, 0.25) is 0 Å². The standard InChI is InChI=1S/C18H20BrFO/c1-18(2,3)14-7-4-12(5-8-14)17(21)10-13-6-9-15(20)11-16(13)19/h4-9,11,17,21H,10H2,1-3H3. The predicted molar refractivity (Wildman–Crippen MR) is 87.9 cm³/mol. The number of benzene rings is 2. The number of rotatable bonds is 3. The normalized spacial score (nSPS) is 13.2. The fourth-order valence-electron chi connectivity index (χ4n) is 2.22. The maximum Gasteiger partial charge on any atom is 0.124 e. The molecule has 2 rings (SSSR count). The summed E-state index contributed by atoms with van der Waals surface area (Å²) >= 11 is 3.33. The van der Waals surface area contributed by atoms with Gasteiger partial charge in [-0.2, -0.15) is 0 Å². The van der Waals surface area contributed by atoms with Crippen molar-refractivity contribution in [2.75, 3.05) is 0 Å². The molecule has 0 amide bonds. The van der Waals surface area contributed by atoms with E-state index in [1.54, 1.807) is 6.07 Å². The molecule has 3 heteroatoms. The van der Waals surface area contributed by atoms with Crippen LogP contribution in [0.15, 0.2) is 46.9 Å². The van der Waals surface area contributed by atoms with Crippen molar-refractivity contribution in [3.05, 3.63) is 69.4 Å². The average molecular weight is 351 g/mol. The van der Waals surface area contributed by atoms with E-state index in [-0.39, 0.29) is 11.2 Å². The van der Waals surface area contributed by atoms with Crippen molar-refractivity contribution in [3.8, 4) is 0 Å². The van der Waals surface area contributed by atoms with Crippen molar-refractivity contribution >= 4 is 15.9 Å². The summed E-state index contributed by atoms with van der Waals surface area (Å²) in [5.41, 5.74) is 3.10. The van der Waals surface area contributed by atoms with Crippen molar-refractivity contribution in [2.45, 2.75) is 38.7 Å². The second-order valence-electron chi connectivity index (χ2n) is 6.33. The SMILES string of the molecule is CC(C)(C)c1ccc(C(O)Cc2ccc(F)cc2Br)cc1. The molecule has 0 fully saturated rings. The number of aliphatic hydroxyl groups excluding tert-OH is 1. The molecule has 2 aromatic rings. The molecule has 0 heterocycles. The van der Waals surface area contributed by atoms with Gasteiger partial charge in [-0.15, -0.1) is 0 Å². The summed E-state index contributed by atoms with van der Waals surface area (Å²) in [6, 6.07) is 12.6. The lowest BCUT2D eigenvalue weighted by Crippen LogP contribution is -2.11. The minimum Gasteiger partial charge on any atom is -0.388 e. The lowest BCUT2D eigenvalue weighted by atomic mass is 9.86. The van der Waals surface area contributed by atoms with Crippen molar-refractivity contribution in [1.82, 2.24) is 0 Å². The smallest absolute Gasteiger partial charge is 0.124 e. The van der Waals surface area contributed by atoms with E-state index in [0.717, 1.165) is 11.1 Å². The lowest BCUT2D eigenvalue weighted by Gasteiger charge is -2.20. The Hall–Kier alpha value is -1.19. The number of aliphatic hydroxyl groups is 1. The van der Waals surface area contributed by atoms with Crippen LogP contribution in [-0.4, -0.2) is 5.11 Å². The average Bonchev–Trinajstić information content (AvgIpc) is 2.41. The van der Waals surface area contributed by atoms with Crippen molar-refractivity contribution < 1.29 is 9.50 Å². The zero-order valence-corrected chi connectivity index (χ0v) is 14.1. The van der Waals surface area contributed by atoms with Gasteiger partial charge in [-0.25, -0.2) is 4.39 Å². The van der Waals surface area contributed by atoms with Gasteiger partial charge in [0, 0.05) is 10.9 Å². The maximum absolute atomic E-state index is 13.1. The molecular weight excluding hydrogens is 331 g/mol. The predicted octanol–water partition coefficient (Wildman–Crippen LogP) is 5.16. The van der Waals surface area contributed by atoms with E-state index in [9.17, 15) is 9.50 Å². The third-order valence-electron chi connectivity index (χ3n) is 3.59. The van der Waals surface area contributed by atoms with Gasteiger partial charge in [-0.05, 0) is 34.2 Å². The first kappa shape index (κ1) is 16.2. The zero-order chi connectivity index (χ0) is 15.6. The third-order valence-corrected chi connectivity index (χ3v) is 4.33. The van der Waals surface area contributed by atoms with Gasteiger partial charge >= 0.3 is 0 Å². The molecule has 0 aromatic heterocycles. The molecule has 0 bridgehead atoms. The van der Waals surface area contributed by atoms with Crippen molar-refractivity contribution in [1.29, 1.82) is 0 Å². The molecule has 0 aliphatic rings. The quantitative estimate of drug-likeness (QED) is 0.810. The van der Waals surface area contributed by atoms with Crippen LogP contribution in [0.3, 0.4) is 0 Å². The first-order chi connectivity index (χ1) is 9.77. The maximum atomic E-state index is 13.1. The van der Waals surface area contributed by atoms with E-state index in [1.165, 1.54) is 17.7 Å². The molecule has 0 spiro atoms. The first-order valence-electron chi connectivity index (χ1n) is 7.00. The van der Waals surface area contributed by atoms with Crippen LogP contribution in [0.1, 0.15) is 43.6 Å². The molecule has 0 aliphatic carbocycles. The molecule has 1 N–H and O–H groups in total. The molecule has 0 saturated heterocycles. The highest BCUT2D eigenvalue weighted by molar-refractivity contribution is 9.10. The van der Waals surface area contributed by atoms with Gasteiger partial charge < -0.3 is 5.11 Å². The summed E-state index contributed by atoms with van der Waals surface area (Å²) in [7, 11) is 0. The van der Waals surface area contributed by atoms with E-state index in [0.29, 0.717) is 10.9 Å². The largest absolute Gasteiger partial charge is 0.388 e. The fraction of sp³-hybridized carbons (Fsp3) is 0.333. The Bertz CT molecular complexity index is 614. The summed E-state index contributed by atoms with van der Waals surface area (Å²) < 4.78 is 13.8. The molecule has 112 valence electrons. The van der Waals surface area contributed by atoms with Crippen LogP contribution in [0.5, 0.6) is 0 Å². The van der Waals surface area contributed by atoms with E-state index in [1.807, 2.05) is 12.1 Å². The van der Waals surface area contributed by atoms with Crippen molar-refractivity contribution in [2.24, 2.45) is 0 Å². The van der Waals surface area contributed by atoms with Gasteiger partial charge in [0.05, 0.1) is 6.10 Å². The highest BCUT2D eigenvalue weighted by Gasteiger charge is 2.15. The molecule has 0 saturated carbocycles. The van der Waals surface area contributed by atoms with E-state index in [2.05, 4.69) is 48.8 Å². The molecule has 0 radical (unpaired) electrons. The highest BCUT2D eigenvalue weighted by Crippen LogP contribution is 2.27. The van der Waals surface area contributed by atoms with Gasteiger partial charge in [0.25, 0.3) is 0 Å². The van der Waals surface area contributed by atoms with Crippen LogP contribution in [0.2, 0.25) is 0 Å². The van der Waals surface area contributed by atoms with Crippen LogP contribution in [0.25, 0.3) is 0 Å². The number of hydrogen-bond donors (Lipinski definition) is 1. The van der Waals surface area contributed by atoms with Gasteiger partial charge in [0.1, 0.15) is 5.82 Å². The van der Waals surface area contributed by atoms with Gasteiger partial charge in [0.15, 0.2) is 0 Å². The minimum atomic E-state index is -0.597. The fourth-order valence-corrected chi connectivity index (χ4v) is 2.73. The summed E-state index contributed by atoms with van der Waals surface area (Å²) in [4.78, 5) is 0. The minimum absolute atomic E-state index is 0.101. The van der Waals surface area contributed by atoms with Crippen LogP contribution >= 0.6 is 15.9 Å². The monoisotopic (exact) mass is 350 g/mol. The first-order valence-corrected chi connectivity index (χ1v) is 7.79. The Morgan fingerprint density at radius 3 is 2.24 bits per heavy atom. The Morgan fingerprint density at radius 1 is 1.10 bits per heavy atom.